The van der Waals surface area contributed by atoms with Crippen molar-refractivity contribution in [3.63, 3.8) is 0 Å². The van der Waals surface area contributed by atoms with Crippen LogP contribution in [0.2, 0.25) is 0 Å². The summed E-state index contributed by atoms with van der Waals surface area (Å²) in [7, 11) is 0. The first-order valence-corrected chi connectivity index (χ1v) is 12.1. The molecule has 2 aromatic heterocycles. The number of halogens is 2. The van der Waals surface area contributed by atoms with Crippen molar-refractivity contribution < 1.29 is 18.3 Å². The molecule has 2 aliphatic rings. The lowest BCUT2D eigenvalue weighted by atomic mass is 9.78. The summed E-state index contributed by atoms with van der Waals surface area (Å²) in [6.45, 7) is 1.35. The van der Waals surface area contributed by atoms with E-state index in [1.165, 1.54) is 4.68 Å². The number of benzene rings is 2. The molecule has 188 valence electrons. The summed E-state index contributed by atoms with van der Waals surface area (Å²) in [5.74, 6) is -1.13. The Morgan fingerprint density at radius 1 is 1.19 bits per heavy atom. The van der Waals surface area contributed by atoms with Gasteiger partial charge in [-0.15, -0.1) is 5.10 Å². The number of hydrogen-bond donors (Lipinski definition) is 0. The van der Waals surface area contributed by atoms with E-state index in [0.717, 1.165) is 61.5 Å². The molecular weight excluding hydrogens is 480 g/mol. The van der Waals surface area contributed by atoms with Crippen LogP contribution in [-0.2, 0) is 17.8 Å². The lowest BCUT2D eigenvalue weighted by Gasteiger charge is -2.36. The third-order valence-electron chi connectivity index (χ3n) is 7.16. The molecule has 1 aliphatic carbocycles. The number of carbonyl (C=O) groups is 1. The molecule has 1 unspecified atom stereocenters. The first-order valence-electron chi connectivity index (χ1n) is 12.1. The van der Waals surface area contributed by atoms with Crippen molar-refractivity contribution in [2.75, 3.05) is 6.54 Å². The molecular formula is C26H23F2N7O2. The summed E-state index contributed by atoms with van der Waals surface area (Å²) in [4.78, 5) is 18.9. The molecule has 0 N–H and O–H groups in total. The van der Waals surface area contributed by atoms with Crippen molar-refractivity contribution in [3.8, 4) is 11.8 Å². The van der Waals surface area contributed by atoms with Crippen LogP contribution in [0.25, 0.3) is 16.7 Å². The first-order chi connectivity index (χ1) is 17.9. The van der Waals surface area contributed by atoms with Gasteiger partial charge < -0.3 is 9.30 Å². The molecule has 0 bridgehead atoms. The quantitative estimate of drug-likeness (QED) is 0.401. The van der Waals surface area contributed by atoms with E-state index < -0.39 is 23.3 Å². The van der Waals surface area contributed by atoms with Crippen LogP contribution in [0.15, 0.2) is 48.9 Å². The Hall–Kier alpha value is -4.33. The number of hydrogen-bond acceptors (Lipinski definition) is 6. The number of carbonyl (C=O) groups excluding carboxylic acids is 1. The molecule has 1 saturated carbocycles. The first kappa shape index (κ1) is 23.1. The maximum atomic E-state index is 13.6. The number of nitriles is 1. The Balaban J connectivity index is 1.14. The molecule has 1 aliphatic heterocycles. The minimum Gasteiger partial charge on any atom is -0.441 e. The number of imidazole rings is 1. The summed E-state index contributed by atoms with van der Waals surface area (Å²) in [6, 6.07) is 10.7. The van der Waals surface area contributed by atoms with E-state index in [4.69, 9.17) is 4.74 Å². The Morgan fingerprint density at radius 3 is 2.84 bits per heavy atom. The summed E-state index contributed by atoms with van der Waals surface area (Å²) in [5.41, 5.74) is 2.48. The predicted molar refractivity (Wildman–Crippen MR) is 127 cm³/mol. The molecule has 1 amide bonds. The molecule has 3 heterocycles. The molecule has 2 atom stereocenters. The van der Waals surface area contributed by atoms with Gasteiger partial charge in [0.2, 0.25) is 0 Å². The van der Waals surface area contributed by atoms with Gasteiger partial charge >= 0.3 is 6.09 Å². The maximum Gasteiger partial charge on any atom is 0.410 e. The lowest BCUT2D eigenvalue weighted by molar-refractivity contribution is 0.00415. The number of fused-ring (bicyclic) bond motifs is 1. The highest BCUT2D eigenvalue weighted by Gasteiger charge is 2.48. The second-order valence-electron chi connectivity index (χ2n) is 9.86. The molecule has 2 aromatic carbocycles. The zero-order valence-electron chi connectivity index (χ0n) is 19.8. The molecule has 37 heavy (non-hydrogen) atoms. The number of ether oxygens (including phenoxy) is 1. The lowest BCUT2D eigenvalue weighted by Crippen LogP contribution is -2.40. The zero-order valence-corrected chi connectivity index (χ0v) is 19.8. The van der Waals surface area contributed by atoms with E-state index in [9.17, 15) is 18.8 Å². The molecule has 1 saturated heterocycles. The third-order valence-corrected chi connectivity index (χ3v) is 7.16. The highest BCUT2D eigenvalue weighted by molar-refractivity contribution is 5.77. The van der Waals surface area contributed by atoms with Crippen LogP contribution in [-0.4, -0.2) is 47.7 Å². The van der Waals surface area contributed by atoms with Crippen molar-refractivity contribution in [1.29, 1.82) is 5.26 Å². The summed E-state index contributed by atoms with van der Waals surface area (Å²) in [5, 5.41) is 17.3. The highest BCUT2D eigenvalue weighted by atomic mass is 19.1. The van der Waals surface area contributed by atoms with E-state index in [0.29, 0.717) is 17.8 Å². The van der Waals surface area contributed by atoms with Gasteiger partial charge in [0.15, 0.2) is 0 Å². The highest BCUT2D eigenvalue weighted by Crippen LogP contribution is 2.41. The fraction of sp³-hybridized carbons (Fsp3) is 0.346. The molecule has 4 aromatic rings. The number of nitrogens with zero attached hydrogens (tertiary/aromatic N) is 7. The van der Waals surface area contributed by atoms with Crippen molar-refractivity contribution in [2.24, 2.45) is 5.92 Å². The van der Waals surface area contributed by atoms with Crippen molar-refractivity contribution >= 4 is 17.1 Å². The molecule has 2 fully saturated rings. The normalized spacial score (nSPS) is 21.5. The minimum atomic E-state index is -0.710. The largest absolute Gasteiger partial charge is 0.441 e. The van der Waals surface area contributed by atoms with E-state index in [1.807, 2.05) is 12.1 Å². The van der Waals surface area contributed by atoms with E-state index in [1.54, 1.807) is 23.5 Å². The molecule has 0 radical (unpaired) electrons. The van der Waals surface area contributed by atoms with Gasteiger partial charge in [0.25, 0.3) is 0 Å². The zero-order chi connectivity index (χ0) is 25.6. The Bertz CT molecular complexity index is 1520. The Kier molecular flexibility index (Phi) is 5.59. The smallest absolute Gasteiger partial charge is 0.410 e. The molecule has 1 spiro atoms. The van der Waals surface area contributed by atoms with Gasteiger partial charge in [0, 0.05) is 12.6 Å². The van der Waals surface area contributed by atoms with E-state index >= 15 is 0 Å². The van der Waals surface area contributed by atoms with Crippen LogP contribution in [0.1, 0.15) is 36.9 Å². The van der Waals surface area contributed by atoms with Gasteiger partial charge in [-0.05, 0) is 61.9 Å². The van der Waals surface area contributed by atoms with Gasteiger partial charge in [-0.2, -0.15) is 5.26 Å². The maximum absolute atomic E-state index is 13.6. The minimum absolute atomic E-state index is 0.187. The monoisotopic (exact) mass is 503 g/mol. The molecule has 6 rings (SSSR count). The number of amides is 1. The Labute approximate surface area is 210 Å². The van der Waals surface area contributed by atoms with E-state index in [2.05, 4.69) is 25.9 Å². The van der Waals surface area contributed by atoms with Crippen molar-refractivity contribution in [2.45, 2.75) is 44.4 Å². The predicted octanol–water partition coefficient (Wildman–Crippen LogP) is 4.35. The SMILES string of the molecule is N#Cc1ccc2ncn(CC3CCC[C@]4(C3)CN(Cc3cn(-c5cc(F)cc(F)c5)nn3)C(=O)O4)c2c1. The molecule has 9 nitrogen and oxygen atoms in total. The Morgan fingerprint density at radius 2 is 2.03 bits per heavy atom. The van der Waals surface area contributed by atoms with Crippen LogP contribution in [0, 0.1) is 28.9 Å². The topological polar surface area (TPSA) is 102 Å². The third kappa shape index (κ3) is 4.50. The van der Waals surface area contributed by atoms with Crippen LogP contribution in [0.3, 0.4) is 0 Å². The van der Waals surface area contributed by atoms with Gasteiger partial charge in [0.1, 0.15) is 22.9 Å². The van der Waals surface area contributed by atoms with Crippen LogP contribution >= 0.6 is 0 Å². The number of rotatable bonds is 5. The van der Waals surface area contributed by atoms with Gasteiger partial charge in [-0.3, -0.25) is 4.90 Å². The van der Waals surface area contributed by atoms with Crippen molar-refractivity contribution in [1.82, 2.24) is 29.4 Å². The van der Waals surface area contributed by atoms with Gasteiger partial charge in [-0.1, -0.05) is 5.21 Å². The van der Waals surface area contributed by atoms with Crippen molar-refractivity contribution in [3.05, 3.63) is 71.8 Å². The van der Waals surface area contributed by atoms with Gasteiger partial charge in [-0.25, -0.2) is 23.2 Å². The average Bonchev–Trinajstić information content (AvgIpc) is 3.57. The van der Waals surface area contributed by atoms with Crippen LogP contribution < -0.4 is 0 Å². The molecule has 11 heteroatoms. The number of aromatic nitrogens is 5. The summed E-state index contributed by atoms with van der Waals surface area (Å²) in [6.07, 6.45) is 6.40. The fourth-order valence-corrected chi connectivity index (χ4v) is 5.56. The average molecular weight is 504 g/mol. The fourth-order valence-electron chi connectivity index (χ4n) is 5.56. The van der Waals surface area contributed by atoms with E-state index in [-0.39, 0.29) is 18.2 Å². The second-order valence-corrected chi connectivity index (χ2v) is 9.86. The van der Waals surface area contributed by atoms with Gasteiger partial charge in [0.05, 0.1) is 54.0 Å². The summed E-state index contributed by atoms with van der Waals surface area (Å²) >= 11 is 0. The summed E-state index contributed by atoms with van der Waals surface area (Å²) < 4.78 is 36.4. The second kappa shape index (κ2) is 8.96. The van der Waals surface area contributed by atoms with Crippen LogP contribution in [0.4, 0.5) is 13.6 Å². The standard InChI is InChI=1S/C26H23F2N7O2/c27-19-7-20(28)9-22(8-19)35-14-21(31-32-35)13-33-15-26(37-25(33)36)5-1-2-18(10-26)12-34-16-30-23-4-3-17(11-29)6-24(23)34/h3-4,6-9,14,16,18H,1-2,5,10,12-13,15H2/t18?,26-/m0/s1. The van der Waals surface area contributed by atoms with Crippen LogP contribution in [0.5, 0.6) is 0 Å².